The third-order valence-corrected chi connectivity index (χ3v) is 2.68. The van der Waals surface area contributed by atoms with Crippen molar-refractivity contribution in [2.45, 2.75) is 38.5 Å². The van der Waals surface area contributed by atoms with Crippen molar-refractivity contribution in [3.05, 3.63) is 11.3 Å². The maximum atomic E-state index is 12.0. The van der Waals surface area contributed by atoms with E-state index in [4.69, 9.17) is 4.74 Å². The molecular weight excluding hydrogens is 249 g/mol. The first-order valence-corrected chi connectivity index (χ1v) is 5.58. The molecule has 4 nitrogen and oxygen atoms in total. The third kappa shape index (κ3) is 3.63. The third-order valence-electron chi connectivity index (χ3n) is 2.68. The SMILES string of the molecule is COc1c(C(O)CCCC(F)(F)F)c(C)nn1C. The van der Waals surface area contributed by atoms with E-state index in [9.17, 15) is 18.3 Å². The van der Waals surface area contributed by atoms with Gasteiger partial charge in [0.25, 0.3) is 0 Å². The summed E-state index contributed by atoms with van der Waals surface area (Å²) >= 11 is 0. The molecule has 0 spiro atoms. The maximum absolute atomic E-state index is 12.0. The highest BCUT2D eigenvalue weighted by molar-refractivity contribution is 5.33. The molecule has 0 aliphatic heterocycles. The van der Waals surface area contributed by atoms with Gasteiger partial charge in [-0.05, 0) is 19.8 Å². The van der Waals surface area contributed by atoms with Crippen LogP contribution in [0.25, 0.3) is 0 Å². The number of aryl methyl sites for hydroxylation is 2. The molecule has 0 saturated heterocycles. The number of aromatic nitrogens is 2. The van der Waals surface area contributed by atoms with Gasteiger partial charge < -0.3 is 9.84 Å². The number of hydrogen-bond donors (Lipinski definition) is 1. The molecular formula is C11H17F3N2O2. The Kier molecular flexibility index (Phi) is 4.61. The predicted octanol–water partition coefficient (Wildman–Crippen LogP) is 2.50. The van der Waals surface area contributed by atoms with Crippen molar-refractivity contribution in [2.75, 3.05) is 7.11 Å². The first kappa shape index (κ1) is 14.8. The molecule has 1 aromatic heterocycles. The molecule has 0 amide bonds. The van der Waals surface area contributed by atoms with E-state index in [0.29, 0.717) is 17.1 Å². The summed E-state index contributed by atoms with van der Waals surface area (Å²) in [4.78, 5) is 0. The number of aliphatic hydroxyl groups is 1. The molecule has 104 valence electrons. The lowest BCUT2D eigenvalue weighted by atomic mass is 10.0. The summed E-state index contributed by atoms with van der Waals surface area (Å²) in [5.41, 5.74) is 1.02. The van der Waals surface area contributed by atoms with E-state index in [-0.39, 0.29) is 12.8 Å². The highest BCUT2D eigenvalue weighted by Crippen LogP contribution is 2.32. The first-order valence-electron chi connectivity index (χ1n) is 5.58. The van der Waals surface area contributed by atoms with Crippen LogP contribution in [-0.4, -0.2) is 28.2 Å². The summed E-state index contributed by atoms with van der Waals surface area (Å²) in [6.07, 6.45) is -6.17. The Morgan fingerprint density at radius 1 is 1.44 bits per heavy atom. The van der Waals surface area contributed by atoms with Gasteiger partial charge in [-0.25, -0.2) is 4.68 Å². The van der Waals surface area contributed by atoms with Crippen molar-refractivity contribution < 1.29 is 23.0 Å². The normalized spacial score (nSPS) is 13.7. The van der Waals surface area contributed by atoms with Gasteiger partial charge in [-0.15, -0.1) is 0 Å². The van der Waals surface area contributed by atoms with Gasteiger partial charge >= 0.3 is 6.18 Å². The molecule has 1 unspecified atom stereocenters. The summed E-state index contributed by atoms with van der Waals surface area (Å²) in [6, 6.07) is 0. The van der Waals surface area contributed by atoms with Crippen LogP contribution in [0.1, 0.15) is 36.6 Å². The van der Waals surface area contributed by atoms with E-state index < -0.39 is 18.7 Å². The number of ether oxygens (including phenoxy) is 1. The molecule has 18 heavy (non-hydrogen) atoms. The van der Waals surface area contributed by atoms with Gasteiger partial charge in [0.1, 0.15) is 0 Å². The van der Waals surface area contributed by atoms with E-state index in [0.717, 1.165) is 0 Å². The number of hydrogen-bond acceptors (Lipinski definition) is 3. The fourth-order valence-corrected chi connectivity index (χ4v) is 1.92. The van der Waals surface area contributed by atoms with Crippen LogP contribution in [0.2, 0.25) is 0 Å². The Morgan fingerprint density at radius 3 is 2.56 bits per heavy atom. The Balaban J connectivity index is 2.69. The lowest BCUT2D eigenvalue weighted by molar-refractivity contribution is -0.136. The van der Waals surface area contributed by atoms with Crippen molar-refractivity contribution in [1.82, 2.24) is 9.78 Å². The highest BCUT2D eigenvalue weighted by Gasteiger charge is 2.28. The average Bonchev–Trinajstić information content (AvgIpc) is 2.50. The number of aliphatic hydroxyl groups excluding tert-OH is 1. The Hall–Kier alpha value is -1.24. The molecule has 0 aliphatic carbocycles. The molecule has 0 radical (unpaired) electrons. The van der Waals surface area contributed by atoms with Gasteiger partial charge in [-0.3, -0.25) is 0 Å². The van der Waals surface area contributed by atoms with Gasteiger partial charge in [0, 0.05) is 13.5 Å². The molecule has 1 atom stereocenters. The van der Waals surface area contributed by atoms with Gasteiger partial charge in [0.2, 0.25) is 5.88 Å². The molecule has 1 rings (SSSR count). The summed E-state index contributed by atoms with van der Waals surface area (Å²) < 4.78 is 42.6. The lowest BCUT2D eigenvalue weighted by Gasteiger charge is -2.13. The molecule has 0 bridgehead atoms. The van der Waals surface area contributed by atoms with E-state index in [1.165, 1.54) is 11.8 Å². The van der Waals surface area contributed by atoms with E-state index in [1.54, 1.807) is 14.0 Å². The molecule has 1 heterocycles. The highest BCUT2D eigenvalue weighted by atomic mass is 19.4. The summed E-state index contributed by atoms with van der Waals surface area (Å²) in [6.45, 7) is 1.69. The van der Waals surface area contributed by atoms with Crippen LogP contribution in [0.4, 0.5) is 13.2 Å². The number of methoxy groups -OCH3 is 1. The molecule has 0 saturated carbocycles. The second kappa shape index (κ2) is 5.60. The van der Waals surface area contributed by atoms with Gasteiger partial charge in [-0.2, -0.15) is 18.3 Å². The fourth-order valence-electron chi connectivity index (χ4n) is 1.92. The Bertz CT molecular complexity index is 402. The van der Waals surface area contributed by atoms with Crippen LogP contribution in [0, 0.1) is 6.92 Å². The molecule has 0 aliphatic rings. The smallest absolute Gasteiger partial charge is 0.389 e. The maximum Gasteiger partial charge on any atom is 0.389 e. The number of nitrogens with zero attached hydrogens (tertiary/aromatic N) is 2. The van der Waals surface area contributed by atoms with Crippen LogP contribution >= 0.6 is 0 Å². The number of alkyl halides is 3. The fraction of sp³-hybridized carbons (Fsp3) is 0.727. The Morgan fingerprint density at radius 2 is 2.06 bits per heavy atom. The summed E-state index contributed by atoms with van der Waals surface area (Å²) in [7, 11) is 3.08. The average molecular weight is 266 g/mol. The van der Waals surface area contributed by atoms with E-state index in [1.807, 2.05) is 0 Å². The summed E-state index contributed by atoms with van der Waals surface area (Å²) in [5.74, 6) is 0.381. The molecule has 0 aromatic carbocycles. The van der Waals surface area contributed by atoms with Crippen LogP contribution in [0.3, 0.4) is 0 Å². The standard InChI is InChI=1S/C11H17F3N2O2/c1-7-9(10(18-3)16(2)15-7)8(17)5-4-6-11(12,13)14/h8,17H,4-6H2,1-3H3. The van der Waals surface area contributed by atoms with Gasteiger partial charge in [-0.1, -0.05) is 0 Å². The zero-order valence-electron chi connectivity index (χ0n) is 10.6. The van der Waals surface area contributed by atoms with E-state index >= 15 is 0 Å². The minimum atomic E-state index is -4.19. The predicted molar refractivity (Wildman–Crippen MR) is 59.4 cm³/mol. The van der Waals surface area contributed by atoms with Crippen molar-refractivity contribution in [3.63, 3.8) is 0 Å². The number of rotatable bonds is 5. The largest absolute Gasteiger partial charge is 0.481 e. The first-order chi connectivity index (χ1) is 8.26. The number of halogens is 3. The topological polar surface area (TPSA) is 47.3 Å². The lowest BCUT2D eigenvalue weighted by Crippen LogP contribution is -2.08. The van der Waals surface area contributed by atoms with Gasteiger partial charge in [0.05, 0.1) is 24.5 Å². The monoisotopic (exact) mass is 266 g/mol. The van der Waals surface area contributed by atoms with Crippen LogP contribution in [0.15, 0.2) is 0 Å². The minimum absolute atomic E-state index is 0.0302. The van der Waals surface area contributed by atoms with Crippen molar-refractivity contribution in [2.24, 2.45) is 7.05 Å². The zero-order valence-corrected chi connectivity index (χ0v) is 10.6. The molecule has 1 N–H and O–H groups in total. The van der Waals surface area contributed by atoms with Crippen LogP contribution < -0.4 is 4.74 Å². The van der Waals surface area contributed by atoms with Gasteiger partial charge in [0.15, 0.2) is 0 Å². The van der Waals surface area contributed by atoms with Crippen LogP contribution in [0.5, 0.6) is 5.88 Å². The van der Waals surface area contributed by atoms with Crippen molar-refractivity contribution in [1.29, 1.82) is 0 Å². The van der Waals surface area contributed by atoms with Crippen molar-refractivity contribution >= 4 is 0 Å². The second-order valence-corrected chi connectivity index (χ2v) is 4.16. The second-order valence-electron chi connectivity index (χ2n) is 4.16. The molecule has 1 aromatic rings. The molecule has 0 fully saturated rings. The molecule has 7 heteroatoms. The van der Waals surface area contributed by atoms with Crippen molar-refractivity contribution in [3.8, 4) is 5.88 Å². The Labute approximate surface area is 103 Å². The summed E-state index contributed by atoms with van der Waals surface area (Å²) in [5, 5.41) is 14.0. The van der Waals surface area contributed by atoms with Crippen LogP contribution in [-0.2, 0) is 7.05 Å². The minimum Gasteiger partial charge on any atom is -0.481 e. The van der Waals surface area contributed by atoms with E-state index in [2.05, 4.69) is 5.10 Å². The zero-order chi connectivity index (χ0) is 13.9. The quantitative estimate of drug-likeness (QED) is 0.890.